The average molecular weight is 1070 g/mol. The fourth-order valence-corrected chi connectivity index (χ4v) is 9.96. The molecule has 8 nitrogen and oxygen atoms in total. The van der Waals surface area contributed by atoms with Crippen LogP contribution in [0.1, 0.15) is 290 Å². The van der Waals surface area contributed by atoms with Gasteiger partial charge in [0, 0.05) is 6.42 Å². The summed E-state index contributed by atoms with van der Waals surface area (Å²) in [6.45, 7) is 4.71. The second-order valence-corrected chi connectivity index (χ2v) is 24.2. The van der Waals surface area contributed by atoms with E-state index in [1.54, 1.807) is 6.08 Å². The molecular weight excluding hydrogens is 948 g/mol. The van der Waals surface area contributed by atoms with Gasteiger partial charge in [-0.1, -0.05) is 286 Å². The van der Waals surface area contributed by atoms with Crippen LogP contribution in [0.2, 0.25) is 0 Å². The molecule has 0 aromatic heterocycles. The number of likely N-dealkylation sites (N-methyl/N-ethyl adjacent to an activating group) is 1. The van der Waals surface area contributed by atoms with Crippen molar-refractivity contribution in [3.05, 3.63) is 72.9 Å². The van der Waals surface area contributed by atoms with Crippen LogP contribution in [0.25, 0.3) is 0 Å². The van der Waals surface area contributed by atoms with Gasteiger partial charge in [0.2, 0.25) is 5.91 Å². The minimum absolute atomic E-state index is 0.0558. The highest BCUT2D eigenvalue weighted by Crippen LogP contribution is 2.43. The molecule has 0 spiro atoms. The smallest absolute Gasteiger partial charge is 0.387 e. The molecule has 0 radical (unpaired) electrons. The molecule has 0 aromatic carbocycles. The van der Waals surface area contributed by atoms with E-state index < -0.39 is 20.0 Å². The number of hydrogen-bond donors (Lipinski definition) is 3. The van der Waals surface area contributed by atoms with E-state index in [4.69, 9.17) is 9.05 Å². The first-order valence-electron chi connectivity index (χ1n) is 31.8. The van der Waals surface area contributed by atoms with Crippen molar-refractivity contribution in [3.8, 4) is 0 Å². The number of hydrogen-bond acceptors (Lipinski definition) is 5. The van der Waals surface area contributed by atoms with Crippen molar-refractivity contribution in [2.24, 2.45) is 0 Å². The third-order valence-electron chi connectivity index (χ3n) is 14.2. The Bertz CT molecular complexity index is 1450. The monoisotopic (exact) mass is 1070 g/mol. The van der Waals surface area contributed by atoms with E-state index >= 15 is 0 Å². The van der Waals surface area contributed by atoms with Crippen LogP contribution in [-0.4, -0.2) is 73.4 Å². The van der Waals surface area contributed by atoms with Gasteiger partial charge in [0.15, 0.2) is 0 Å². The van der Waals surface area contributed by atoms with Gasteiger partial charge < -0.3 is 19.8 Å². The van der Waals surface area contributed by atoms with E-state index in [-0.39, 0.29) is 19.1 Å². The lowest BCUT2D eigenvalue weighted by Crippen LogP contribution is -2.45. The third-order valence-corrected chi connectivity index (χ3v) is 15.1. The molecule has 0 fully saturated rings. The van der Waals surface area contributed by atoms with E-state index in [2.05, 4.69) is 79.9 Å². The van der Waals surface area contributed by atoms with Crippen molar-refractivity contribution in [2.45, 2.75) is 302 Å². The SMILES string of the molecule is CC/C=C\C/C=C\C/C=C\C/C=C\CCCCCCCCCCCCCCCCCCCCCCC(=O)NC(COP(=O)(O)OCC[N+](C)(C)C)C(O)/C=C/CC/C=C/CCCCCCCCCCCCCCCC. The molecule has 0 saturated heterocycles. The highest BCUT2D eigenvalue weighted by atomic mass is 31.2. The van der Waals surface area contributed by atoms with Gasteiger partial charge in [-0.3, -0.25) is 13.8 Å². The number of amides is 1. The number of rotatable bonds is 58. The lowest BCUT2D eigenvalue weighted by molar-refractivity contribution is -0.870. The van der Waals surface area contributed by atoms with Crippen molar-refractivity contribution in [1.82, 2.24) is 5.32 Å². The Labute approximate surface area is 465 Å². The normalized spacial score (nSPS) is 14.3. The largest absolute Gasteiger partial charge is 0.472 e. The number of carbonyl (C=O) groups excluding carboxylic acids is 1. The number of carbonyl (C=O) groups is 1. The zero-order valence-electron chi connectivity index (χ0n) is 50.0. The molecule has 3 unspecified atom stereocenters. The van der Waals surface area contributed by atoms with E-state index in [1.165, 1.54) is 205 Å². The molecule has 438 valence electrons. The summed E-state index contributed by atoms with van der Waals surface area (Å²) in [5, 5.41) is 13.9. The molecule has 0 bridgehead atoms. The summed E-state index contributed by atoms with van der Waals surface area (Å²) < 4.78 is 23.7. The molecule has 0 rings (SSSR count). The maximum absolute atomic E-state index is 13.0. The Kier molecular flexibility index (Phi) is 55.1. The van der Waals surface area contributed by atoms with Crippen molar-refractivity contribution in [3.63, 3.8) is 0 Å². The van der Waals surface area contributed by atoms with Gasteiger partial charge in [-0.15, -0.1) is 0 Å². The first-order valence-corrected chi connectivity index (χ1v) is 33.3. The average Bonchev–Trinajstić information content (AvgIpc) is 3.37. The summed E-state index contributed by atoms with van der Waals surface area (Å²) in [7, 11) is 1.56. The lowest BCUT2D eigenvalue weighted by Gasteiger charge is -2.25. The number of aliphatic hydroxyl groups excluding tert-OH is 1. The molecule has 1 amide bonds. The van der Waals surface area contributed by atoms with Gasteiger partial charge in [-0.05, 0) is 70.6 Å². The van der Waals surface area contributed by atoms with Gasteiger partial charge in [-0.2, -0.15) is 0 Å². The van der Waals surface area contributed by atoms with Crippen LogP contribution in [0.4, 0.5) is 0 Å². The number of unbranched alkanes of at least 4 members (excludes halogenated alkanes) is 35. The van der Waals surface area contributed by atoms with E-state index in [9.17, 15) is 19.4 Å². The summed E-state index contributed by atoms with van der Waals surface area (Å²) in [6.07, 6.45) is 78.9. The molecule has 0 aliphatic rings. The van der Waals surface area contributed by atoms with Gasteiger partial charge in [0.1, 0.15) is 13.2 Å². The Morgan fingerprint density at radius 2 is 0.813 bits per heavy atom. The molecule has 3 N–H and O–H groups in total. The molecule has 3 atom stereocenters. The van der Waals surface area contributed by atoms with Crippen LogP contribution in [0.15, 0.2) is 72.9 Å². The van der Waals surface area contributed by atoms with E-state index in [0.29, 0.717) is 17.4 Å². The van der Waals surface area contributed by atoms with E-state index in [1.807, 2.05) is 27.2 Å². The highest BCUT2D eigenvalue weighted by Gasteiger charge is 2.27. The topological polar surface area (TPSA) is 105 Å². The molecule has 0 aliphatic carbocycles. The maximum atomic E-state index is 13.0. The van der Waals surface area contributed by atoms with Crippen LogP contribution in [0.5, 0.6) is 0 Å². The number of phosphoric acid groups is 1. The Hall–Kier alpha value is -2.06. The van der Waals surface area contributed by atoms with Crippen molar-refractivity contribution in [1.29, 1.82) is 0 Å². The highest BCUT2D eigenvalue weighted by molar-refractivity contribution is 7.47. The second-order valence-electron chi connectivity index (χ2n) is 22.7. The first kappa shape index (κ1) is 72.9. The molecule has 0 aliphatic heterocycles. The number of allylic oxidation sites excluding steroid dienone is 11. The lowest BCUT2D eigenvalue weighted by atomic mass is 10.0. The van der Waals surface area contributed by atoms with Gasteiger partial charge >= 0.3 is 7.82 Å². The standard InChI is InChI=1S/C66H123N2O6P/c1-6-8-10-12-14-16-18-20-22-24-26-28-29-30-31-32-33-34-35-36-37-38-39-40-42-44-46-48-50-52-54-56-58-60-66(70)67-64(63-74-75(71,72)73-62-61-68(3,4)5)65(69)59-57-55-53-51-49-47-45-43-41-27-25-23-21-19-17-15-13-11-9-7-2/h8,10,14,16,20,22,26,28,49,51,57,59,64-65,69H,6-7,9,11-13,15,17-19,21,23-25,27,29-48,50,52-56,58,60-63H2,1-5H3,(H-,67,70,71,72)/p+1/b10-8-,16-14-,22-20-,28-26-,51-49+,59-57+. The number of phosphoric ester groups is 1. The van der Waals surface area contributed by atoms with Gasteiger partial charge in [0.25, 0.3) is 0 Å². The number of quaternary nitrogens is 1. The van der Waals surface area contributed by atoms with Crippen LogP contribution in [0, 0.1) is 0 Å². The molecule has 0 aromatic rings. The second kappa shape index (κ2) is 56.7. The quantitative estimate of drug-likeness (QED) is 0.0243. The van der Waals surface area contributed by atoms with Crippen molar-refractivity contribution in [2.75, 3.05) is 40.9 Å². The maximum Gasteiger partial charge on any atom is 0.472 e. The first-order chi connectivity index (χ1) is 36.5. The summed E-state index contributed by atoms with van der Waals surface area (Å²) in [5.41, 5.74) is 0. The van der Waals surface area contributed by atoms with E-state index in [0.717, 1.165) is 64.2 Å². The number of nitrogens with zero attached hydrogens (tertiary/aromatic N) is 1. The summed E-state index contributed by atoms with van der Waals surface area (Å²) in [6, 6.07) is -0.865. The van der Waals surface area contributed by atoms with Crippen molar-refractivity contribution < 1.29 is 32.9 Å². The summed E-state index contributed by atoms with van der Waals surface area (Å²) in [4.78, 5) is 23.4. The van der Waals surface area contributed by atoms with Gasteiger partial charge in [0.05, 0.1) is 39.9 Å². The molecule has 0 saturated carbocycles. The fourth-order valence-electron chi connectivity index (χ4n) is 9.23. The minimum Gasteiger partial charge on any atom is -0.387 e. The zero-order valence-corrected chi connectivity index (χ0v) is 50.9. The third kappa shape index (κ3) is 59.4. The zero-order chi connectivity index (χ0) is 54.9. The fraction of sp³-hybridized carbons (Fsp3) is 0.803. The Balaban J connectivity index is 4.09. The summed E-state index contributed by atoms with van der Waals surface area (Å²) in [5.74, 6) is -0.184. The van der Waals surface area contributed by atoms with Crippen molar-refractivity contribution >= 4 is 13.7 Å². The predicted octanol–water partition coefficient (Wildman–Crippen LogP) is 19.8. The van der Waals surface area contributed by atoms with Crippen LogP contribution >= 0.6 is 7.82 Å². The molecular formula is C66H124N2O6P+. The number of aliphatic hydroxyl groups is 1. The minimum atomic E-state index is -4.36. The Morgan fingerprint density at radius 1 is 0.467 bits per heavy atom. The summed E-state index contributed by atoms with van der Waals surface area (Å²) >= 11 is 0. The predicted molar refractivity (Wildman–Crippen MR) is 327 cm³/mol. The van der Waals surface area contributed by atoms with Crippen LogP contribution in [-0.2, 0) is 18.4 Å². The van der Waals surface area contributed by atoms with Crippen LogP contribution < -0.4 is 5.32 Å². The van der Waals surface area contributed by atoms with Crippen LogP contribution in [0.3, 0.4) is 0 Å². The molecule has 75 heavy (non-hydrogen) atoms. The molecule has 9 heteroatoms. The Morgan fingerprint density at radius 3 is 1.23 bits per heavy atom. The van der Waals surface area contributed by atoms with Gasteiger partial charge in [-0.25, -0.2) is 4.57 Å². The molecule has 0 heterocycles. The number of nitrogens with one attached hydrogen (secondary N) is 1.